The van der Waals surface area contributed by atoms with E-state index in [1.807, 2.05) is 6.07 Å². The summed E-state index contributed by atoms with van der Waals surface area (Å²) in [5, 5.41) is 21.2. The summed E-state index contributed by atoms with van der Waals surface area (Å²) < 4.78 is 43.1. The molecule has 110 valence electrons. The number of hydrogen-bond acceptors (Lipinski definition) is 5. The molecule has 2 rings (SSSR count). The van der Waals surface area contributed by atoms with Crippen molar-refractivity contribution in [2.75, 3.05) is 6.61 Å². The van der Waals surface area contributed by atoms with Crippen LogP contribution in [0.2, 0.25) is 0 Å². The highest BCUT2D eigenvalue weighted by Crippen LogP contribution is 2.30. The van der Waals surface area contributed by atoms with Crippen molar-refractivity contribution in [1.29, 1.82) is 5.26 Å². The number of ether oxygens (including phenoxy) is 1. The molecular weight excluding hydrogens is 289 g/mol. The Morgan fingerprint density at radius 1 is 1.38 bits per heavy atom. The summed E-state index contributed by atoms with van der Waals surface area (Å²) in [7, 11) is 0. The van der Waals surface area contributed by atoms with Gasteiger partial charge in [-0.3, -0.25) is 0 Å². The van der Waals surface area contributed by atoms with Gasteiger partial charge in [0.25, 0.3) is 0 Å². The van der Waals surface area contributed by atoms with Crippen LogP contribution in [0.15, 0.2) is 24.4 Å². The maximum Gasteiger partial charge on any atom is 0.435 e. The van der Waals surface area contributed by atoms with E-state index in [0.717, 1.165) is 4.68 Å². The standard InChI is InChI=1S/C12H9F3N4O2/c13-12(14,15)9-5-11(20)19(18-9)3-4-21-10-2-1-8(6-16)7-17-10/h1-2,5,7,20H,3-4H2. The molecule has 0 saturated carbocycles. The molecule has 0 amide bonds. The molecule has 2 aromatic rings. The van der Waals surface area contributed by atoms with Crippen molar-refractivity contribution in [3.05, 3.63) is 35.7 Å². The molecule has 0 fully saturated rings. The Hall–Kier alpha value is -2.76. The van der Waals surface area contributed by atoms with Gasteiger partial charge in [-0.05, 0) is 6.07 Å². The van der Waals surface area contributed by atoms with Crippen LogP contribution in [-0.4, -0.2) is 26.5 Å². The first-order valence-electron chi connectivity index (χ1n) is 5.73. The van der Waals surface area contributed by atoms with Crippen molar-refractivity contribution in [2.24, 2.45) is 0 Å². The molecule has 6 nitrogen and oxygen atoms in total. The van der Waals surface area contributed by atoms with E-state index in [0.29, 0.717) is 11.6 Å². The molecule has 9 heteroatoms. The first-order valence-corrected chi connectivity index (χ1v) is 5.73. The van der Waals surface area contributed by atoms with Crippen molar-refractivity contribution < 1.29 is 23.0 Å². The van der Waals surface area contributed by atoms with Gasteiger partial charge >= 0.3 is 6.18 Å². The molecule has 0 atom stereocenters. The second kappa shape index (κ2) is 5.70. The van der Waals surface area contributed by atoms with Crippen LogP contribution in [0, 0.1) is 11.3 Å². The van der Waals surface area contributed by atoms with Crippen molar-refractivity contribution in [3.8, 4) is 17.8 Å². The second-order valence-electron chi connectivity index (χ2n) is 3.95. The van der Waals surface area contributed by atoms with Gasteiger partial charge in [-0.1, -0.05) is 0 Å². The van der Waals surface area contributed by atoms with Crippen molar-refractivity contribution in [2.45, 2.75) is 12.7 Å². The summed E-state index contributed by atoms with van der Waals surface area (Å²) in [5.74, 6) is -0.379. The van der Waals surface area contributed by atoms with Gasteiger partial charge in [-0.2, -0.15) is 23.5 Å². The minimum atomic E-state index is -4.61. The van der Waals surface area contributed by atoms with Crippen LogP contribution in [0.25, 0.3) is 0 Å². The fourth-order valence-corrected chi connectivity index (χ4v) is 1.48. The predicted octanol–water partition coefficient (Wildman–Crippen LogP) is 1.95. The van der Waals surface area contributed by atoms with E-state index in [1.54, 1.807) is 0 Å². The van der Waals surface area contributed by atoms with Gasteiger partial charge in [-0.25, -0.2) is 9.67 Å². The Morgan fingerprint density at radius 2 is 2.14 bits per heavy atom. The largest absolute Gasteiger partial charge is 0.493 e. The van der Waals surface area contributed by atoms with Crippen LogP contribution in [0.1, 0.15) is 11.3 Å². The molecule has 0 aliphatic heterocycles. The van der Waals surface area contributed by atoms with Gasteiger partial charge in [0.05, 0.1) is 12.1 Å². The molecule has 0 spiro atoms. The van der Waals surface area contributed by atoms with E-state index in [-0.39, 0.29) is 19.0 Å². The fourth-order valence-electron chi connectivity index (χ4n) is 1.48. The number of aromatic nitrogens is 3. The monoisotopic (exact) mass is 298 g/mol. The molecule has 2 heterocycles. The Bertz CT molecular complexity index is 659. The zero-order valence-corrected chi connectivity index (χ0v) is 10.5. The average Bonchev–Trinajstić information content (AvgIpc) is 2.81. The first kappa shape index (κ1) is 14.6. The first-order chi connectivity index (χ1) is 9.90. The Kier molecular flexibility index (Phi) is 3.98. The van der Waals surface area contributed by atoms with Crippen molar-refractivity contribution in [3.63, 3.8) is 0 Å². The van der Waals surface area contributed by atoms with Crippen molar-refractivity contribution >= 4 is 0 Å². The quantitative estimate of drug-likeness (QED) is 0.932. The van der Waals surface area contributed by atoms with Crippen LogP contribution >= 0.6 is 0 Å². The van der Waals surface area contributed by atoms with Gasteiger partial charge in [0.15, 0.2) is 5.69 Å². The molecule has 1 N–H and O–H groups in total. The third-order valence-electron chi connectivity index (χ3n) is 2.47. The Balaban J connectivity index is 1.94. The topological polar surface area (TPSA) is 84.0 Å². The lowest BCUT2D eigenvalue weighted by atomic mass is 10.3. The Labute approximate surface area is 117 Å². The van der Waals surface area contributed by atoms with Crippen LogP contribution < -0.4 is 4.74 Å². The van der Waals surface area contributed by atoms with E-state index < -0.39 is 17.8 Å². The molecule has 0 unspecified atom stereocenters. The highest BCUT2D eigenvalue weighted by Gasteiger charge is 2.34. The zero-order valence-electron chi connectivity index (χ0n) is 10.5. The maximum absolute atomic E-state index is 12.4. The molecule has 0 bridgehead atoms. The normalized spacial score (nSPS) is 11.1. The molecule has 0 aromatic carbocycles. The van der Waals surface area contributed by atoms with E-state index in [9.17, 15) is 18.3 Å². The van der Waals surface area contributed by atoms with Gasteiger partial charge in [0.2, 0.25) is 11.8 Å². The maximum atomic E-state index is 12.4. The SMILES string of the molecule is N#Cc1ccc(OCCn2nc(C(F)(F)F)cc2O)nc1. The van der Waals surface area contributed by atoms with E-state index in [2.05, 4.69) is 10.1 Å². The summed E-state index contributed by atoms with van der Waals surface area (Å²) in [6.07, 6.45) is -3.30. The highest BCUT2D eigenvalue weighted by atomic mass is 19.4. The third-order valence-corrected chi connectivity index (χ3v) is 2.47. The van der Waals surface area contributed by atoms with Crippen LogP contribution in [0.4, 0.5) is 13.2 Å². The average molecular weight is 298 g/mol. The lowest BCUT2D eigenvalue weighted by Crippen LogP contribution is -2.12. The van der Waals surface area contributed by atoms with Gasteiger partial charge in [-0.15, -0.1) is 0 Å². The van der Waals surface area contributed by atoms with Gasteiger partial charge < -0.3 is 9.84 Å². The summed E-state index contributed by atoms with van der Waals surface area (Å²) in [4.78, 5) is 3.83. The molecule has 0 aliphatic rings. The summed E-state index contributed by atoms with van der Waals surface area (Å²) >= 11 is 0. The number of nitriles is 1. The number of aromatic hydroxyl groups is 1. The summed E-state index contributed by atoms with van der Waals surface area (Å²) in [5.41, 5.74) is -0.807. The van der Waals surface area contributed by atoms with E-state index >= 15 is 0 Å². The van der Waals surface area contributed by atoms with Crippen LogP contribution in [0.5, 0.6) is 11.8 Å². The number of pyridine rings is 1. The molecule has 0 aliphatic carbocycles. The fraction of sp³-hybridized carbons (Fsp3) is 0.250. The lowest BCUT2D eigenvalue weighted by Gasteiger charge is -2.06. The smallest absolute Gasteiger partial charge is 0.435 e. The number of hydrogen-bond donors (Lipinski definition) is 1. The zero-order chi connectivity index (χ0) is 15.5. The van der Waals surface area contributed by atoms with E-state index in [4.69, 9.17) is 10.00 Å². The molecule has 21 heavy (non-hydrogen) atoms. The second-order valence-corrected chi connectivity index (χ2v) is 3.95. The lowest BCUT2D eigenvalue weighted by molar-refractivity contribution is -0.141. The number of rotatable bonds is 4. The minimum absolute atomic E-state index is 0.0363. The van der Waals surface area contributed by atoms with E-state index in [1.165, 1.54) is 18.3 Å². The Morgan fingerprint density at radius 3 is 2.67 bits per heavy atom. The number of alkyl halides is 3. The van der Waals surface area contributed by atoms with Gasteiger partial charge in [0, 0.05) is 18.3 Å². The molecular formula is C12H9F3N4O2. The van der Waals surface area contributed by atoms with Gasteiger partial charge in [0.1, 0.15) is 12.7 Å². The predicted molar refractivity (Wildman–Crippen MR) is 63.3 cm³/mol. The summed E-state index contributed by atoms with van der Waals surface area (Å²) in [6, 6.07) is 5.39. The molecule has 2 aromatic heterocycles. The third kappa shape index (κ3) is 3.62. The molecule has 0 radical (unpaired) electrons. The molecule has 0 saturated heterocycles. The number of nitrogens with zero attached hydrogens (tertiary/aromatic N) is 4. The minimum Gasteiger partial charge on any atom is -0.493 e. The van der Waals surface area contributed by atoms with Crippen molar-refractivity contribution in [1.82, 2.24) is 14.8 Å². The summed E-state index contributed by atoms with van der Waals surface area (Å²) in [6.45, 7) is -0.116. The highest BCUT2D eigenvalue weighted by molar-refractivity contribution is 5.28. The van der Waals surface area contributed by atoms with Crippen LogP contribution in [0.3, 0.4) is 0 Å². The number of halogens is 3. The van der Waals surface area contributed by atoms with Crippen LogP contribution in [-0.2, 0) is 12.7 Å².